The molecule has 1 aromatic heterocycles. The smallest absolute Gasteiger partial charge is 0.281 e. The molecule has 80 valence electrons. The topological polar surface area (TPSA) is 112 Å². The van der Waals surface area contributed by atoms with E-state index in [1.807, 2.05) is 5.32 Å². The zero-order chi connectivity index (χ0) is 11.2. The number of aromatic hydroxyl groups is 2. The molecule has 1 aromatic rings. The lowest BCUT2D eigenvalue weighted by Crippen LogP contribution is -2.40. The summed E-state index contributed by atoms with van der Waals surface area (Å²) in [6, 6.07) is 2.20. The molecule has 2 heterocycles. The molecule has 1 aliphatic heterocycles. The molecule has 15 heavy (non-hydrogen) atoms. The fraction of sp³-hybridized carbons (Fsp3) is 0.250. The van der Waals surface area contributed by atoms with Gasteiger partial charge in [0.2, 0.25) is 11.6 Å². The van der Waals surface area contributed by atoms with E-state index in [9.17, 15) is 24.9 Å². The molecular formula is C8H8N2O5. The molecule has 0 radical (unpaired) electrons. The average Bonchev–Trinajstić information content (AvgIpc) is 2.56. The number of imide groups is 1. The summed E-state index contributed by atoms with van der Waals surface area (Å²) >= 11 is 0. The van der Waals surface area contributed by atoms with Gasteiger partial charge in [0, 0.05) is 12.1 Å². The van der Waals surface area contributed by atoms with Crippen LogP contribution in [0.15, 0.2) is 12.1 Å². The van der Waals surface area contributed by atoms with Crippen LogP contribution in [0.3, 0.4) is 0 Å². The Balaban J connectivity index is 2.55. The van der Waals surface area contributed by atoms with Crippen LogP contribution in [-0.2, 0) is 15.3 Å². The van der Waals surface area contributed by atoms with E-state index in [1.165, 1.54) is 0 Å². The number of carbonyl (C=O) groups is 2. The van der Waals surface area contributed by atoms with Gasteiger partial charge in [0.05, 0.1) is 6.42 Å². The highest BCUT2D eigenvalue weighted by Crippen LogP contribution is 2.33. The lowest BCUT2D eigenvalue weighted by molar-refractivity contribution is -0.146. The van der Waals surface area contributed by atoms with E-state index in [2.05, 4.69) is 0 Å². The molecule has 0 saturated carbocycles. The first-order valence-corrected chi connectivity index (χ1v) is 4.12. The number of amides is 2. The first-order chi connectivity index (χ1) is 6.95. The summed E-state index contributed by atoms with van der Waals surface area (Å²) in [5.41, 5.74) is -2.26. The molecule has 0 aromatic carbocycles. The van der Waals surface area contributed by atoms with Crippen molar-refractivity contribution in [1.29, 1.82) is 0 Å². The number of nitrogens with zero attached hydrogens (tertiary/aromatic N) is 1. The van der Waals surface area contributed by atoms with Crippen molar-refractivity contribution < 1.29 is 24.9 Å². The van der Waals surface area contributed by atoms with Crippen LogP contribution in [0, 0.1) is 0 Å². The van der Waals surface area contributed by atoms with Gasteiger partial charge in [-0.2, -0.15) is 0 Å². The lowest BCUT2D eigenvalue weighted by Gasteiger charge is -2.21. The summed E-state index contributed by atoms with van der Waals surface area (Å²) in [5.74, 6) is -2.65. The van der Waals surface area contributed by atoms with E-state index < -0.39 is 35.7 Å². The minimum atomic E-state index is -2.26. The van der Waals surface area contributed by atoms with E-state index >= 15 is 0 Å². The summed E-state index contributed by atoms with van der Waals surface area (Å²) in [5, 5.41) is 30.4. The van der Waals surface area contributed by atoms with Crippen LogP contribution in [0.25, 0.3) is 0 Å². The fourth-order valence-corrected chi connectivity index (χ4v) is 1.55. The maximum Gasteiger partial charge on any atom is 0.281 e. The van der Waals surface area contributed by atoms with Gasteiger partial charge in [-0.1, -0.05) is 0 Å². The van der Waals surface area contributed by atoms with E-state index in [1.54, 1.807) is 0 Å². The number of carbonyl (C=O) groups excluding carboxylic acids is 2. The number of rotatable bonds is 1. The van der Waals surface area contributed by atoms with Gasteiger partial charge in [-0.25, -0.2) is 4.57 Å². The summed E-state index contributed by atoms with van der Waals surface area (Å²) in [4.78, 5) is 22.2. The van der Waals surface area contributed by atoms with Gasteiger partial charge in [-0.05, 0) is 0 Å². The fourth-order valence-electron chi connectivity index (χ4n) is 1.55. The second-order valence-electron chi connectivity index (χ2n) is 3.26. The monoisotopic (exact) mass is 212 g/mol. The van der Waals surface area contributed by atoms with Crippen LogP contribution in [0.1, 0.15) is 6.42 Å². The molecule has 1 saturated heterocycles. The van der Waals surface area contributed by atoms with Crippen LogP contribution >= 0.6 is 0 Å². The van der Waals surface area contributed by atoms with Crippen molar-refractivity contribution in [1.82, 2.24) is 9.88 Å². The van der Waals surface area contributed by atoms with Crippen LogP contribution in [0.5, 0.6) is 11.8 Å². The first-order valence-electron chi connectivity index (χ1n) is 4.12. The Kier molecular flexibility index (Phi) is 1.74. The first kappa shape index (κ1) is 9.53. The van der Waals surface area contributed by atoms with Crippen LogP contribution < -0.4 is 5.32 Å². The summed E-state index contributed by atoms with van der Waals surface area (Å²) in [7, 11) is 0. The number of hydrogen-bond acceptors (Lipinski definition) is 5. The molecular weight excluding hydrogens is 204 g/mol. The Morgan fingerprint density at radius 1 is 1.27 bits per heavy atom. The Morgan fingerprint density at radius 2 is 1.80 bits per heavy atom. The minimum absolute atomic E-state index is 0.500. The normalized spacial score (nSPS) is 25.7. The molecule has 4 N–H and O–H groups in total. The van der Waals surface area contributed by atoms with Crippen molar-refractivity contribution >= 4 is 11.8 Å². The van der Waals surface area contributed by atoms with Crippen molar-refractivity contribution in [2.24, 2.45) is 0 Å². The molecule has 1 unspecified atom stereocenters. The van der Waals surface area contributed by atoms with Crippen molar-refractivity contribution in [2.75, 3.05) is 0 Å². The van der Waals surface area contributed by atoms with Gasteiger partial charge in [0.25, 0.3) is 5.91 Å². The third-order valence-electron chi connectivity index (χ3n) is 2.23. The molecule has 2 rings (SSSR count). The summed E-state index contributed by atoms with van der Waals surface area (Å²) in [6.07, 6.45) is -0.540. The maximum atomic E-state index is 11.3. The highest BCUT2D eigenvalue weighted by atomic mass is 16.4. The van der Waals surface area contributed by atoms with E-state index in [0.717, 1.165) is 12.1 Å². The molecule has 1 atom stereocenters. The predicted octanol–water partition coefficient (Wildman–Crippen LogP) is -1.41. The minimum Gasteiger partial charge on any atom is -0.494 e. The number of aromatic nitrogens is 1. The molecule has 7 heteroatoms. The van der Waals surface area contributed by atoms with Crippen LogP contribution in [-0.4, -0.2) is 31.7 Å². The Hall–Kier alpha value is -2.02. The molecule has 7 nitrogen and oxygen atoms in total. The highest BCUT2D eigenvalue weighted by Gasteiger charge is 2.49. The second kappa shape index (κ2) is 2.74. The van der Waals surface area contributed by atoms with E-state index in [4.69, 9.17) is 0 Å². The summed E-state index contributed by atoms with van der Waals surface area (Å²) in [6.45, 7) is 0. The van der Waals surface area contributed by atoms with Crippen molar-refractivity contribution in [3.05, 3.63) is 12.1 Å². The quantitative estimate of drug-likeness (QED) is 0.427. The highest BCUT2D eigenvalue weighted by molar-refractivity contribution is 6.06. The standard InChI is InChI=1S/C8H8N2O5/c11-4-3-8(15,7(14)9-4)10-5(12)1-2-6(10)13/h1-2,12-13,15H,3H2,(H,9,11,14). The van der Waals surface area contributed by atoms with Gasteiger partial charge in [0.15, 0.2) is 11.8 Å². The molecule has 2 amide bonds. The van der Waals surface area contributed by atoms with Gasteiger partial charge >= 0.3 is 0 Å². The van der Waals surface area contributed by atoms with E-state index in [-0.39, 0.29) is 0 Å². The lowest BCUT2D eigenvalue weighted by atomic mass is 10.2. The maximum absolute atomic E-state index is 11.3. The van der Waals surface area contributed by atoms with E-state index in [0.29, 0.717) is 4.57 Å². The molecule has 0 aliphatic carbocycles. The van der Waals surface area contributed by atoms with Gasteiger partial charge < -0.3 is 15.3 Å². The number of aliphatic hydroxyl groups is 1. The average molecular weight is 212 g/mol. The molecule has 0 bridgehead atoms. The molecule has 1 fully saturated rings. The predicted molar refractivity (Wildman–Crippen MR) is 45.7 cm³/mol. The van der Waals surface area contributed by atoms with Gasteiger partial charge in [-0.15, -0.1) is 0 Å². The van der Waals surface area contributed by atoms with Crippen molar-refractivity contribution in [2.45, 2.75) is 12.1 Å². The SMILES string of the molecule is O=C1CC(O)(n2c(O)ccc2O)C(=O)N1. The second-order valence-corrected chi connectivity index (χ2v) is 3.26. The Bertz CT molecular complexity index is 432. The number of hydrogen-bond donors (Lipinski definition) is 4. The zero-order valence-electron chi connectivity index (χ0n) is 7.47. The van der Waals surface area contributed by atoms with Gasteiger partial charge in [-0.3, -0.25) is 14.9 Å². The zero-order valence-corrected chi connectivity index (χ0v) is 7.47. The third-order valence-corrected chi connectivity index (χ3v) is 2.23. The Morgan fingerprint density at radius 3 is 2.20 bits per heavy atom. The van der Waals surface area contributed by atoms with Crippen molar-refractivity contribution in [3.8, 4) is 11.8 Å². The largest absolute Gasteiger partial charge is 0.494 e. The van der Waals surface area contributed by atoms with Crippen LogP contribution in [0.2, 0.25) is 0 Å². The van der Waals surface area contributed by atoms with Gasteiger partial charge in [0.1, 0.15) is 0 Å². The molecule has 1 aliphatic rings. The third kappa shape index (κ3) is 1.17. The van der Waals surface area contributed by atoms with Crippen LogP contribution in [0.4, 0.5) is 0 Å². The molecule has 0 spiro atoms. The Labute approximate surface area is 83.6 Å². The number of nitrogens with one attached hydrogen (secondary N) is 1. The summed E-state index contributed by atoms with van der Waals surface area (Å²) < 4.78 is 0.591. The van der Waals surface area contributed by atoms with Crippen molar-refractivity contribution in [3.63, 3.8) is 0 Å².